The van der Waals surface area contributed by atoms with E-state index in [0.29, 0.717) is 18.2 Å². The zero-order valence-corrected chi connectivity index (χ0v) is 11.4. The van der Waals surface area contributed by atoms with Crippen LogP contribution in [0.5, 0.6) is 0 Å². The zero-order chi connectivity index (χ0) is 12.5. The Morgan fingerprint density at radius 2 is 2.17 bits per heavy atom. The molecule has 2 aromatic heterocycles. The molecule has 0 radical (unpaired) electrons. The third-order valence-electron chi connectivity index (χ3n) is 3.00. The van der Waals surface area contributed by atoms with Gasteiger partial charge in [0.1, 0.15) is 11.6 Å². The first-order chi connectivity index (χ1) is 8.74. The second kappa shape index (κ2) is 4.65. The molecule has 92 valence electrons. The quantitative estimate of drug-likeness (QED) is 0.947. The van der Waals surface area contributed by atoms with E-state index in [4.69, 9.17) is 5.73 Å². The van der Waals surface area contributed by atoms with Crippen LogP contribution in [0.4, 0.5) is 5.82 Å². The molecule has 0 aliphatic heterocycles. The lowest BCUT2D eigenvalue weighted by Gasteiger charge is -2.08. The van der Waals surface area contributed by atoms with E-state index < -0.39 is 0 Å². The van der Waals surface area contributed by atoms with Gasteiger partial charge in [0.15, 0.2) is 0 Å². The Morgan fingerprint density at radius 1 is 1.33 bits per heavy atom. The number of pyridine rings is 1. The van der Waals surface area contributed by atoms with E-state index in [2.05, 4.69) is 30.9 Å². The van der Waals surface area contributed by atoms with Crippen molar-refractivity contribution in [3.05, 3.63) is 46.1 Å². The van der Waals surface area contributed by atoms with Gasteiger partial charge in [-0.3, -0.25) is 4.98 Å². The largest absolute Gasteiger partial charge is 0.383 e. The highest BCUT2D eigenvalue weighted by molar-refractivity contribution is 9.10. The van der Waals surface area contributed by atoms with E-state index in [9.17, 15) is 0 Å². The fourth-order valence-electron chi connectivity index (χ4n) is 1.92. The number of hydrogen-bond acceptors (Lipinski definition) is 4. The molecular formula is C13H13BrN4. The van der Waals surface area contributed by atoms with Gasteiger partial charge in [0.2, 0.25) is 0 Å². The standard InChI is InChI=1S/C13H13BrN4/c14-11-12(9-3-4-9)17-10(18-13(11)15)6-8-2-1-5-16-7-8/h1-2,5,7,9H,3-4,6H2,(H2,15,17,18). The fourth-order valence-corrected chi connectivity index (χ4v) is 2.43. The second-order valence-electron chi connectivity index (χ2n) is 4.54. The smallest absolute Gasteiger partial charge is 0.141 e. The Hall–Kier alpha value is -1.49. The van der Waals surface area contributed by atoms with Crippen molar-refractivity contribution in [3.63, 3.8) is 0 Å². The first-order valence-corrected chi connectivity index (χ1v) is 6.74. The monoisotopic (exact) mass is 304 g/mol. The van der Waals surface area contributed by atoms with Crippen LogP contribution in [0.25, 0.3) is 0 Å². The highest BCUT2D eigenvalue weighted by Gasteiger charge is 2.28. The minimum absolute atomic E-state index is 0.533. The van der Waals surface area contributed by atoms with Crippen LogP contribution in [0.1, 0.15) is 35.8 Å². The Kier molecular flexibility index (Phi) is 2.99. The van der Waals surface area contributed by atoms with Gasteiger partial charge in [-0.15, -0.1) is 0 Å². The van der Waals surface area contributed by atoms with Gasteiger partial charge < -0.3 is 5.73 Å². The number of nitrogens with zero attached hydrogens (tertiary/aromatic N) is 3. The normalized spacial score (nSPS) is 14.7. The maximum atomic E-state index is 5.93. The van der Waals surface area contributed by atoms with Crippen LogP contribution in [0, 0.1) is 0 Å². The maximum absolute atomic E-state index is 5.93. The molecule has 0 aromatic carbocycles. The Bertz CT molecular complexity index is 567. The van der Waals surface area contributed by atoms with Crippen LogP contribution in [0.3, 0.4) is 0 Å². The topological polar surface area (TPSA) is 64.7 Å². The number of halogens is 1. The van der Waals surface area contributed by atoms with E-state index in [-0.39, 0.29) is 0 Å². The van der Waals surface area contributed by atoms with Crippen LogP contribution in [0.2, 0.25) is 0 Å². The lowest BCUT2D eigenvalue weighted by Crippen LogP contribution is -2.05. The molecule has 0 saturated heterocycles. The summed E-state index contributed by atoms with van der Waals surface area (Å²) in [5.74, 6) is 1.86. The number of hydrogen-bond donors (Lipinski definition) is 1. The van der Waals surface area contributed by atoms with Gasteiger partial charge in [-0.25, -0.2) is 9.97 Å². The molecule has 4 nitrogen and oxygen atoms in total. The molecule has 1 aliphatic carbocycles. The summed E-state index contributed by atoms with van der Waals surface area (Å²) in [5.41, 5.74) is 8.08. The van der Waals surface area contributed by atoms with Crippen molar-refractivity contribution in [2.45, 2.75) is 25.2 Å². The predicted octanol–water partition coefficient (Wildman–Crippen LogP) is 2.68. The molecule has 2 N–H and O–H groups in total. The zero-order valence-electron chi connectivity index (χ0n) is 9.81. The van der Waals surface area contributed by atoms with E-state index in [0.717, 1.165) is 21.6 Å². The van der Waals surface area contributed by atoms with Gasteiger partial charge in [0.25, 0.3) is 0 Å². The van der Waals surface area contributed by atoms with Crippen molar-refractivity contribution in [2.24, 2.45) is 0 Å². The summed E-state index contributed by atoms with van der Waals surface area (Å²) in [6, 6.07) is 3.94. The average molecular weight is 305 g/mol. The number of rotatable bonds is 3. The fraction of sp³-hybridized carbons (Fsp3) is 0.308. The summed E-state index contributed by atoms with van der Waals surface area (Å²) in [7, 11) is 0. The van der Waals surface area contributed by atoms with Crippen molar-refractivity contribution in [1.82, 2.24) is 15.0 Å². The van der Waals surface area contributed by atoms with Crippen LogP contribution in [0.15, 0.2) is 29.0 Å². The lowest BCUT2D eigenvalue weighted by molar-refractivity contribution is 0.893. The van der Waals surface area contributed by atoms with Gasteiger partial charge in [0.05, 0.1) is 10.2 Å². The molecule has 1 aliphatic rings. The van der Waals surface area contributed by atoms with Gasteiger partial charge in [0, 0.05) is 24.7 Å². The lowest BCUT2D eigenvalue weighted by atomic mass is 10.2. The number of anilines is 1. The Morgan fingerprint density at radius 3 is 2.83 bits per heavy atom. The van der Waals surface area contributed by atoms with Crippen molar-refractivity contribution >= 4 is 21.7 Å². The van der Waals surface area contributed by atoms with Gasteiger partial charge >= 0.3 is 0 Å². The molecule has 0 spiro atoms. The van der Waals surface area contributed by atoms with Crippen molar-refractivity contribution in [1.29, 1.82) is 0 Å². The highest BCUT2D eigenvalue weighted by atomic mass is 79.9. The Labute approximate surface area is 114 Å². The molecule has 2 aromatic rings. The first-order valence-electron chi connectivity index (χ1n) is 5.94. The summed E-state index contributed by atoms with van der Waals surface area (Å²) in [6.07, 6.45) is 6.65. The molecule has 5 heteroatoms. The molecule has 0 bridgehead atoms. The molecule has 1 fully saturated rings. The first kappa shape index (κ1) is 11.6. The van der Waals surface area contributed by atoms with E-state index in [1.807, 2.05) is 18.3 Å². The van der Waals surface area contributed by atoms with E-state index >= 15 is 0 Å². The minimum Gasteiger partial charge on any atom is -0.383 e. The highest BCUT2D eigenvalue weighted by Crippen LogP contribution is 2.43. The second-order valence-corrected chi connectivity index (χ2v) is 5.33. The molecule has 18 heavy (non-hydrogen) atoms. The summed E-state index contributed by atoms with van der Waals surface area (Å²) in [5, 5.41) is 0. The SMILES string of the molecule is Nc1nc(Cc2cccnc2)nc(C2CC2)c1Br. The van der Waals surface area contributed by atoms with Gasteiger partial charge in [-0.2, -0.15) is 0 Å². The third kappa shape index (κ3) is 2.36. The van der Waals surface area contributed by atoms with Crippen LogP contribution in [-0.4, -0.2) is 15.0 Å². The maximum Gasteiger partial charge on any atom is 0.141 e. The third-order valence-corrected chi connectivity index (χ3v) is 3.81. The molecule has 0 unspecified atom stereocenters. The number of nitrogen functional groups attached to an aromatic ring is 1. The van der Waals surface area contributed by atoms with E-state index in [1.165, 1.54) is 12.8 Å². The van der Waals surface area contributed by atoms with Gasteiger partial charge in [-0.1, -0.05) is 6.07 Å². The number of aromatic nitrogens is 3. The van der Waals surface area contributed by atoms with Crippen molar-refractivity contribution < 1.29 is 0 Å². The molecular weight excluding hydrogens is 292 g/mol. The minimum atomic E-state index is 0.533. The van der Waals surface area contributed by atoms with Crippen molar-refractivity contribution in [2.75, 3.05) is 5.73 Å². The number of nitrogens with two attached hydrogens (primary N) is 1. The summed E-state index contributed by atoms with van der Waals surface area (Å²) >= 11 is 3.48. The summed E-state index contributed by atoms with van der Waals surface area (Å²) in [4.78, 5) is 13.1. The Balaban J connectivity index is 1.93. The van der Waals surface area contributed by atoms with Gasteiger partial charge in [-0.05, 0) is 40.4 Å². The van der Waals surface area contributed by atoms with Crippen LogP contribution in [-0.2, 0) is 6.42 Å². The molecule has 2 heterocycles. The summed E-state index contributed by atoms with van der Waals surface area (Å²) in [6.45, 7) is 0. The molecule has 3 rings (SSSR count). The molecule has 1 saturated carbocycles. The van der Waals surface area contributed by atoms with Crippen LogP contribution >= 0.6 is 15.9 Å². The van der Waals surface area contributed by atoms with Crippen LogP contribution < -0.4 is 5.73 Å². The average Bonchev–Trinajstić information content (AvgIpc) is 3.19. The van der Waals surface area contributed by atoms with Crippen molar-refractivity contribution in [3.8, 4) is 0 Å². The van der Waals surface area contributed by atoms with E-state index in [1.54, 1.807) is 6.20 Å². The predicted molar refractivity (Wildman–Crippen MR) is 73.2 cm³/mol. The summed E-state index contributed by atoms with van der Waals surface area (Å²) < 4.78 is 0.861. The molecule has 0 amide bonds. The molecule has 0 atom stereocenters.